The van der Waals surface area contributed by atoms with Gasteiger partial charge in [-0.15, -0.1) is 0 Å². The molecule has 0 N–H and O–H groups in total. The van der Waals surface area contributed by atoms with Gasteiger partial charge in [0.1, 0.15) is 5.60 Å². The zero-order valence-electron chi connectivity index (χ0n) is 19.7. The summed E-state index contributed by atoms with van der Waals surface area (Å²) in [7, 11) is -3.92. The van der Waals surface area contributed by atoms with Gasteiger partial charge in [0, 0.05) is 18.5 Å². The molecule has 2 aliphatic rings. The van der Waals surface area contributed by atoms with Crippen LogP contribution in [0.1, 0.15) is 44.7 Å². The average molecular weight is 526 g/mol. The van der Waals surface area contributed by atoms with Crippen LogP contribution in [0.5, 0.6) is 0 Å². The lowest BCUT2D eigenvalue weighted by atomic mass is 9.74. The predicted molar refractivity (Wildman–Crippen MR) is 132 cm³/mol. The van der Waals surface area contributed by atoms with Crippen molar-refractivity contribution in [3.05, 3.63) is 63.6 Å². The van der Waals surface area contributed by atoms with E-state index in [9.17, 15) is 13.2 Å². The second-order valence-electron chi connectivity index (χ2n) is 10.3. The van der Waals surface area contributed by atoms with E-state index in [1.54, 1.807) is 35.2 Å². The molecule has 1 amide bonds. The highest BCUT2D eigenvalue weighted by atomic mass is 35.5. The summed E-state index contributed by atoms with van der Waals surface area (Å²) in [6.45, 7) is 8.21. The highest BCUT2D eigenvalue weighted by Gasteiger charge is 2.56. The number of rotatable bonds is 4. The average Bonchev–Trinajstić information content (AvgIpc) is 3.23. The van der Waals surface area contributed by atoms with Crippen LogP contribution in [-0.4, -0.2) is 44.2 Å². The zero-order valence-corrected chi connectivity index (χ0v) is 22.0. The fraction of sp³-hybridized carbons (Fsp3) is 0.480. The molecule has 1 saturated carbocycles. The van der Waals surface area contributed by atoms with Gasteiger partial charge in [0.2, 0.25) is 0 Å². The number of benzene rings is 2. The Labute approximate surface area is 211 Å². The van der Waals surface area contributed by atoms with Crippen molar-refractivity contribution in [2.24, 2.45) is 5.92 Å². The van der Waals surface area contributed by atoms with Gasteiger partial charge in [-0.1, -0.05) is 47.0 Å². The molecule has 4 rings (SSSR count). The van der Waals surface area contributed by atoms with E-state index in [1.165, 1.54) is 0 Å². The van der Waals surface area contributed by atoms with Crippen molar-refractivity contribution < 1.29 is 22.1 Å². The first-order valence-electron chi connectivity index (χ1n) is 11.2. The lowest BCUT2D eigenvalue weighted by Gasteiger charge is -2.31. The first kappa shape index (κ1) is 25.3. The minimum absolute atomic E-state index is 0.0181. The van der Waals surface area contributed by atoms with Gasteiger partial charge < -0.3 is 9.64 Å². The molecular weight excluding hydrogens is 497 g/mol. The van der Waals surface area contributed by atoms with Crippen LogP contribution in [-0.2, 0) is 24.5 Å². The Kier molecular flexibility index (Phi) is 6.70. The Bertz CT molecular complexity index is 1190. The fourth-order valence-electron chi connectivity index (χ4n) is 5.04. The number of hydrogen-bond donors (Lipinski definition) is 0. The van der Waals surface area contributed by atoms with E-state index in [0.717, 1.165) is 11.1 Å². The van der Waals surface area contributed by atoms with Crippen LogP contribution in [0.4, 0.5) is 4.79 Å². The monoisotopic (exact) mass is 525 g/mol. The normalized spacial score (nSPS) is 24.8. The third kappa shape index (κ3) is 5.08. The maximum atomic E-state index is 12.9. The van der Waals surface area contributed by atoms with Crippen LogP contribution in [0.15, 0.2) is 47.4 Å². The SMILES string of the molecule is Cc1ccc(S(=O)(=O)O[C@H]2C[C@@H]3CN(C(=O)OC(C)(C)C)C[C@]3(c3ccc(Cl)c(Cl)c3)C2)cc1. The molecule has 2 fully saturated rings. The van der Waals surface area contributed by atoms with Gasteiger partial charge in [0.05, 0.1) is 21.0 Å². The van der Waals surface area contributed by atoms with Crippen molar-refractivity contribution >= 4 is 39.4 Å². The predicted octanol–water partition coefficient (Wildman–Crippen LogP) is 5.97. The molecule has 0 bridgehead atoms. The number of fused-ring (bicyclic) bond motifs is 1. The van der Waals surface area contributed by atoms with E-state index < -0.39 is 27.2 Å². The number of amides is 1. The maximum absolute atomic E-state index is 12.9. The minimum atomic E-state index is -3.92. The summed E-state index contributed by atoms with van der Waals surface area (Å²) < 4.78 is 37.2. The van der Waals surface area contributed by atoms with Crippen LogP contribution in [0.2, 0.25) is 10.0 Å². The minimum Gasteiger partial charge on any atom is -0.444 e. The number of hydrogen-bond acceptors (Lipinski definition) is 5. The molecular formula is C25H29Cl2NO5S. The van der Waals surface area contributed by atoms with Gasteiger partial charge >= 0.3 is 6.09 Å². The number of likely N-dealkylation sites (tertiary alicyclic amines) is 1. The van der Waals surface area contributed by atoms with E-state index in [0.29, 0.717) is 36.0 Å². The Hall–Kier alpha value is -1.80. The third-order valence-electron chi connectivity index (χ3n) is 6.55. The number of carbonyl (C=O) groups excluding carboxylic acids is 1. The Morgan fingerprint density at radius 2 is 1.76 bits per heavy atom. The smallest absolute Gasteiger partial charge is 0.410 e. The number of carbonyl (C=O) groups is 1. The lowest BCUT2D eigenvalue weighted by molar-refractivity contribution is 0.0268. The van der Waals surface area contributed by atoms with Crippen molar-refractivity contribution in [3.8, 4) is 0 Å². The van der Waals surface area contributed by atoms with Crippen molar-refractivity contribution in [1.82, 2.24) is 4.90 Å². The molecule has 1 aliphatic heterocycles. The van der Waals surface area contributed by atoms with Gasteiger partial charge in [-0.3, -0.25) is 4.18 Å². The lowest BCUT2D eigenvalue weighted by Crippen LogP contribution is -2.39. The second kappa shape index (κ2) is 9.01. The molecule has 0 unspecified atom stereocenters. The summed E-state index contributed by atoms with van der Waals surface area (Å²) in [5.74, 6) is -0.0181. The molecule has 0 radical (unpaired) electrons. The number of nitrogens with zero attached hydrogens (tertiary/aromatic N) is 1. The van der Waals surface area contributed by atoms with Crippen molar-refractivity contribution in [2.45, 2.75) is 62.6 Å². The zero-order chi connectivity index (χ0) is 24.9. The van der Waals surface area contributed by atoms with Crippen molar-refractivity contribution in [1.29, 1.82) is 0 Å². The van der Waals surface area contributed by atoms with Crippen molar-refractivity contribution in [2.75, 3.05) is 13.1 Å². The Balaban J connectivity index is 1.62. The third-order valence-corrected chi connectivity index (χ3v) is 8.67. The Morgan fingerprint density at radius 1 is 1.09 bits per heavy atom. The summed E-state index contributed by atoms with van der Waals surface area (Å²) in [6.07, 6.45) is 0.0163. The molecule has 1 aliphatic carbocycles. The van der Waals surface area contributed by atoms with Gasteiger partial charge in [-0.05, 0) is 76.3 Å². The van der Waals surface area contributed by atoms with Crippen LogP contribution < -0.4 is 0 Å². The van der Waals surface area contributed by atoms with Gasteiger partial charge in [0.15, 0.2) is 0 Å². The van der Waals surface area contributed by atoms with Gasteiger partial charge in [0.25, 0.3) is 10.1 Å². The number of ether oxygens (including phenoxy) is 1. The van der Waals surface area contributed by atoms with Gasteiger partial charge in [-0.2, -0.15) is 8.42 Å². The van der Waals surface area contributed by atoms with E-state index >= 15 is 0 Å². The standard InChI is InChI=1S/C25H29Cl2NO5S/c1-16-5-8-20(9-6-16)34(30,31)33-19-11-18-14-28(23(29)32-24(2,3)4)15-25(18,13-19)17-7-10-21(26)22(27)12-17/h5-10,12,18-19H,11,13-15H2,1-4H3/t18-,19+,25+/m1/s1. The largest absolute Gasteiger partial charge is 0.444 e. The van der Waals surface area contributed by atoms with Gasteiger partial charge in [-0.25, -0.2) is 4.79 Å². The summed E-state index contributed by atoms with van der Waals surface area (Å²) in [5.41, 5.74) is 0.754. The van der Waals surface area contributed by atoms with Crippen molar-refractivity contribution in [3.63, 3.8) is 0 Å². The second-order valence-corrected chi connectivity index (χ2v) is 12.7. The highest BCUT2D eigenvalue weighted by Crippen LogP contribution is 2.52. The summed E-state index contributed by atoms with van der Waals surface area (Å²) >= 11 is 12.5. The van der Waals surface area contributed by atoms with E-state index in [2.05, 4.69) is 0 Å². The summed E-state index contributed by atoms with van der Waals surface area (Å²) in [5, 5.41) is 0.854. The highest BCUT2D eigenvalue weighted by molar-refractivity contribution is 7.86. The quantitative estimate of drug-likeness (QED) is 0.459. The molecule has 2 aromatic rings. The molecule has 1 heterocycles. The molecule has 2 aromatic carbocycles. The molecule has 1 saturated heterocycles. The topological polar surface area (TPSA) is 72.9 Å². The first-order valence-corrected chi connectivity index (χ1v) is 13.4. The summed E-state index contributed by atoms with van der Waals surface area (Å²) in [6, 6.07) is 12.0. The molecule has 9 heteroatoms. The molecule has 6 nitrogen and oxygen atoms in total. The van der Waals surface area contributed by atoms with Crippen LogP contribution in [0.3, 0.4) is 0 Å². The maximum Gasteiger partial charge on any atom is 0.410 e. The molecule has 0 spiro atoms. The molecule has 0 aromatic heterocycles. The van der Waals surface area contributed by atoms with Crippen LogP contribution in [0.25, 0.3) is 0 Å². The fourth-order valence-corrected chi connectivity index (χ4v) is 6.43. The number of halogens is 2. The molecule has 34 heavy (non-hydrogen) atoms. The molecule has 184 valence electrons. The summed E-state index contributed by atoms with van der Waals surface area (Å²) in [4.78, 5) is 14.7. The van der Waals surface area contributed by atoms with E-state index in [4.69, 9.17) is 32.1 Å². The van der Waals surface area contributed by atoms with Crippen LogP contribution in [0, 0.1) is 12.8 Å². The van der Waals surface area contributed by atoms with E-state index in [1.807, 2.05) is 39.8 Å². The molecule has 3 atom stereocenters. The Morgan fingerprint density at radius 3 is 2.38 bits per heavy atom. The van der Waals surface area contributed by atoms with Crippen LogP contribution >= 0.6 is 23.2 Å². The first-order chi connectivity index (χ1) is 15.8. The van der Waals surface area contributed by atoms with E-state index in [-0.39, 0.29) is 16.9 Å². The number of aryl methyl sites for hydroxylation is 1.